The molecule has 1 aromatic heterocycles. The second kappa shape index (κ2) is 4.55. The molecule has 1 unspecified atom stereocenters. The van der Waals surface area contributed by atoms with Gasteiger partial charge in [0.25, 0.3) is 0 Å². The highest BCUT2D eigenvalue weighted by molar-refractivity contribution is 5.35. The highest BCUT2D eigenvalue weighted by atomic mass is 16.1. The van der Waals surface area contributed by atoms with Gasteiger partial charge >= 0.3 is 0 Å². The number of para-hydroxylation sites is 1. The molecule has 88 valence electrons. The molecule has 0 aliphatic heterocycles. The fourth-order valence-corrected chi connectivity index (χ4v) is 1.86. The molecule has 0 spiro atoms. The van der Waals surface area contributed by atoms with Crippen molar-refractivity contribution in [2.75, 3.05) is 0 Å². The summed E-state index contributed by atoms with van der Waals surface area (Å²) in [6.45, 7) is 3.74. The van der Waals surface area contributed by atoms with Crippen LogP contribution in [-0.2, 0) is 0 Å². The zero-order chi connectivity index (χ0) is 12.4. The molecule has 0 saturated carbocycles. The molecule has 0 amide bonds. The highest BCUT2D eigenvalue weighted by Crippen LogP contribution is 2.12. The van der Waals surface area contributed by atoms with Crippen molar-refractivity contribution in [1.29, 1.82) is 0 Å². The van der Waals surface area contributed by atoms with E-state index >= 15 is 0 Å². The van der Waals surface area contributed by atoms with Crippen molar-refractivity contribution in [2.45, 2.75) is 19.9 Å². The summed E-state index contributed by atoms with van der Waals surface area (Å²) in [5.74, 6) is 0. The predicted molar refractivity (Wildman–Crippen MR) is 69.4 cm³/mol. The van der Waals surface area contributed by atoms with Gasteiger partial charge in [0.15, 0.2) is 5.43 Å². The standard InChI is InChI=1S/C14H16N2O/c1-10-8-14(17)13(11(2)15)9-16(10)12-6-4-3-5-7-12/h3-9,11H,15H2,1-2H3. The molecule has 2 N–H and O–H groups in total. The van der Waals surface area contributed by atoms with Gasteiger partial charge in [-0.3, -0.25) is 4.79 Å². The van der Waals surface area contributed by atoms with Gasteiger partial charge in [-0.1, -0.05) is 18.2 Å². The van der Waals surface area contributed by atoms with Gasteiger partial charge in [-0.25, -0.2) is 0 Å². The number of aryl methyl sites for hydroxylation is 1. The van der Waals surface area contributed by atoms with E-state index in [1.165, 1.54) is 0 Å². The predicted octanol–water partition coefficient (Wildman–Crippen LogP) is 2.17. The van der Waals surface area contributed by atoms with Gasteiger partial charge in [0, 0.05) is 35.2 Å². The average molecular weight is 228 g/mol. The van der Waals surface area contributed by atoms with E-state index in [2.05, 4.69) is 0 Å². The van der Waals surface area contributed by atoms with Crippen molar-refractivity contribution < 1.29 is 0 Å². The van der Waals surface area contributed by atoms with Gasteiger partial charge in [0.2, 0.25) is 0 Å². The summed E-state index contributed by atoms with van der Waals surface area (Å²) >= 11 is 0. The zero-order valence-corrected chi connectivity index (χ0v) is 10.1. The Labute approximate surface area is 101 Å². The monoisotopic (exact) mass is 228 g/mol. The lowest BCUT2D eigenvalue weighted by atomic mass is 10.1. The number of nitrogens with two attached hydrogens (primary N) is 1. The van der Waals surface area contributed by atoms with Crippen molar-refractivity contribution in [3.63, 3.8) is 0 Å². The fourth-order valence-electron chi connectivity index (χ4n) is 1.86. The van der Waals surface area contributed by atoms with Gasteiger partial charge in [0.1, 0.15) is 0 Å². The van der Waals surface area contributed by atoms with Gasteiger partial charge in [0.05, 0.1) is 0 Å². The van der Waals surface area contributed by atoms with Crippen LogP contribution < -0.4 is 11.2 Å². The van der Waals surface area contributed by atoms with Crippen LogP contribution in [0.1, 0.15) is 24.2 Å². The molecular formula is C14H16N2O. The summed E-state index contributed by atoms with van der Waals surface area (Å²) in [7, 11) is 0. The van der Waals surface area contributed by atoms with Crippen LogP contribution in [0.4, 0.5) is 0 Å². The molecule has 1 aromatic carbocycles. The van der Waals surface area contributed by atoms with E-state index < -0.39 is 0 Å². The van der Waals surface area contributed by atoms with Crippen LogP contribution in [0.2, 0.25) is 0 Å². The Morgan fingerprint density at radius 1 is 1.24 bits per heavy atom. The summed E-state index contributed by atoms with van der Waals surface area (Å²) in [4.78, 5) is 11.8. The molecule has 2 rings (SSSR count). The molecular weight excluding hydrogens is 212 g/mol. The zero-order valence-electron chi connectivity index (χ0n) is 10.1. The Kier molecular flexibility index (Phi) is 3.11. The third-order valence-corrected chi connectivity index (χ3v) is 2.80. The Morgan fingerprint density at radius 2 is 1.88 bits per heavy atom. The number of hydrogen-bond acceptors (Lipinski definition) is 2. The van der Waals surface area contributed by atoms with Gasteiger partial charge < -0.3 is 10.3 Å². The lowest BCUT2D eigenvalue weighted by Crippen LogP contribution is -2.20. The van der Waals surface area contributed by atoms with E-state index in [4.69, 9.17) is 5.73 Å². The first-order valence-corrected chi connectivity index (χ1v) is 5.64. The van der Waals surface area contributed by atoms with Crippen LogP contribution >= 0.6 is 0 Å². The van der Waals surface area contributed by atoms with Crippen LogP contribution in [0, 0.1) is 6.92 Å². The Morgan fingerprint density at radius 3 is 2.47 bits per heavy atom. The molecule has 3 heteroatoms. The summed E-state index contributed by atoms with van der Waals surface area (Å²) in [5.41, 5.74) is 8.38. The summed E-state index contributed by atoms with van der Waals surface area (Å²) in [6.07, 6.45) is 1.83. The number of rotatable bonds is 2. The van der Waals surface area contributed by atoms with Crippen molar-refractivity contribution in [3.05, 3.63) is 64.1 Å². The minimum atomic E-state index is -0.252. The quantitative estimate of drug-likeness (QED) is 0.856. The number of pyridine rings is 1. The van der Waals surface area contributed by atoms with Crippen LogP contribution in [0.3, 0.4) is 0 Å². The molecule has 0 radical (unpaired) electrons. The Balaban J connectivity index is 2.63. The number of nitrogens with zero attached hydrogens (tertiary/aromatic N) is 1. The normalized spacial score (nSPS) is 12.4. The van der Waals surface area contributed by atoms with Crippen LogP contribution in [0.5, 0.6) is 0 Å². The van der Waals surface area contributed by atoms with Gasteiger partial charge in [-0.15, -0.1) is 0 Å². The molecule has 0 aliphatic carbocycles. The topological polar surface area (TPSA) is 48.0 Å². The minimum absolute atomic E-state index is 0.00433. The first-order chi connectivity index (χ1) is 8.09. The van der Waals surface area contributed by atoms with Crippen molar-refractivity contribution in [3.8, 4) is 5.69 Å². The van der Waals surface area contributed by atoms with Crippen molar-refractivity contribution in [2.24, 2.45) is 5.73 Å². The maximum atomic E-state index is 11.8. The smallest absolute Gasteiger partial charge is 0.186 e. The number of hydrogen-bond donors (Lipinski definition) is 1. The molecule has 1 heterocycles. The molecule has 0 saturated heterocycles. The molecule has 17 heavy (non-hydrogen) atoms. The molecule has 0 bridgehead atoms. The van der Waals surface area contributed by atoms with Crippen LogP contribution in [0.15, 0.2) is 47.4 Å². The van der Waals surface area contributed by atoms with E-state index in [1.807, 2.05) is 54.9 Å². The van der Waals surface area contributed by atoms with E-state index in [-0.39, 0.29) is 11.5 Å². The van der Waals surface area contributed by atoms with E-state index in [0.29, 0.717) is 5.56 Å². The maximum absolute atomic E-state index is 11.8. The SMILES string of the molecule is Cc1cc(=O)c(C(C)N)cn1-c1ccccc1. The maximum Gasteiger partial charge on any atom is 0.186 e. The lowest BCUT2D eigenvalue weighted by Gasteiger charge is -2.14. The number of aromatic nitrogens is 1. The van der Waals surface area contributed by atoms with E-state index in [1.54, 1.807) is 6.07 Å². The lowest BCUT2D eigenvalue weighted by molar-refractivity contribution is 0.786. The third kappa shape index (κ3) is 2.29. The van der Waals surface area contributed by atoms with Gasteiger partial charge in [-0.05, 0) is 26.0 Å². The molecule has 2 aromatic rings. The Bertz CT molecular complexity index is 571. The van der Waals surface area contributed by atoms with Crippen LogP contribution in [0.25, 0.3) is 5.69 Å². The summed E-state index contributed by atoms with van der Waals surface area (Å²) in [5, 5.41) is 0. The highest BCUT2D eigenvalue weighted by Gasteiger charge is 2.08. The van der Waals surface area contributed by atoms with Crippen molar-refractivity contribution in [1.82, 2.24) is 4.57 Å². The minimum Gasteiger partial charge on any atom is -0.324 e. The van der Waals surface area contributed by atoms with Crippen LogP contribution in [-0.4, -0.2) is 4.57 Å². The van der Waals surface area contributed by atoms with E-state index in [0.717, 1.165) is 11.4 Å². The van der Waals surface area contributed by atoms with Gasteiger partial charge in [-0.2, -0.15) is 0 Å². The molecule has 1 atom stereocenters. The summed E-state index contributed by atoms with van der Waals surface area (Å²) < 4.78 is 1.99. The second-order valence-electron chi connectivity index (χ2n) is 4.23. The fraction of sp³-hybridized carbons (Fsp3) is 0.214. The first-order valence-electron chi connectivity index (χ1n) is 5.64. The first kappa shape index (κ1) is 11.6. The Hall–Kier alpha value is -1.87. The largest absolute Gasteiger partial charge is 0.324 e. The van der Waals surface area contributed by atoms with Crippen molar-refractivity contribution >= 4 is 0 Å². The second-order valence-corrected chi connectivity index (χ2v) is 4.23. The molecule has 3 nitrogen and oxygen atoms in total. The summed E-state index contributed by atoms with van der Waals surface area (Å²) in [6, 6.07) is 11.3. The molecule has 0 fully saturated rings. The number of benzene rings is 1. The average Bonchev–Trinajstić information content (AvgIpc) is 2.29. The third-order valence-electron chi connectivity index (χ3n) is 2.80. The van der Waals surface area contributed by atoms with E-state index in [9.17, 15) is 4.79 Å². The molecule has 0 aliphatic rings.